The molecule has 5 aliphatic carbocycles. The van der Waals surface area contributed by atoms with Gasteiger partial charge in [-0.05, 0) is 79.1 Å². The zero-order valence-electron chi connectivity index (χ0n) is 24.3. The highest BCUT2D eigenvalue weighted by molar-refractivity contribution is 6.20. The molecule has 0 bridgehead atoms. The van der Waals surface area contributed by atoms with E-state index in [1.165, 1.54) is 7.11 Å². The predicted octanol–water partition coefficient (Wildman–Crippen LogP) is 5.94. The van der Waals surface area contributed by atoms with Crippen molar-refractivity contribution in [3.05, 3.63) is 23.3 Å². The molecule has 0 aromatic heterocycles. The zero-order valence-corrected chi connectivity index (χ0v) is 24.3. The van der Waals surface area contributed by atoms with Crippen molar-refractivity contribution in [1.82, 2.24) is 0 Å². The molecular formula is C32H44O6. The molecule has 0 heterocycles. The first kappa shape index (κ1) is 27.3. The first-order valence-electron chi connectivity index (χ1n) is 14.3. The van der Waals surface area contributed by atoms with Crippen LogP contribution in [0.3, 0.4) is 0 Å². The van der Waals surface area contributed by atoms with E-state index in [1.807, 2.05) is 19.9 Å². The number of fused-ring (bicyclic) bond motifs is 7. The van der Waals surface area contributed by atoms with E-state index in [4.69, 9.17) is 4.74 Å². The lowest BCUT2D eigenvalue weighted by Gasteiger charge is -2.68. The van der Waals surface area contributed by atoms with Crippen molar-refractivity contribution in [1.29, 1.82) is 0 Å². The van der Waals surface area contributed by atoms with E-state index in [9.17, 15) is 24.3 Å². The van der Waals surface area contributed by atoms with E-state index in [1.54, 1.807) is 6.08 Å². The second-order valence-electron chi connectivity index (χ2n) is 15.1. The maximum Gasteiger partial charge on any atom is 0.341 e. The highest BCUT2D eigenvalue weighted by Gasteiger charge is 2.71. The number of methoxy groups -OCH3 is 1. The standard InChI is InChI=1S/C32H44O6/c1-27(2)11-13-32(26(36)37)14-12-31(7)23(19(32)17-27)20(33)15-22-29(5)16-18(25(35)38-8)24(34)28(3,4)21(29)9-10-30(22,31)6/h15-16,19,21,23H,9-14,17H2,1-8H3,(H,36,37)/t19-,21-,23-,29-,30+,31+,32-/m0/s1. The molecule has 0 aromatic carbocycles. The van der Waals surface area contributed by atoms with Crippen molar-refractivity contribution in [3.8, 4) is 0 Å². The number of Topliss-reactive ketones (excluding diaryl/α,β-unsaturated/α-hetero) is 1. The summed E-state index contributed by atoms with van der Waals surface area (Å²) in [7, 11) is 1.29. The van der Waals surface area contributed by atoms with E-state index < -0.39 is 33.6 Å². The third kappa shape index (κ3) is 3.18. The van der Waals surface area contributed by atoms with Crippen LogP contribution >= 0.6 is 0 Å². The van der Waals surface area contributed by atoms with Crippen molar-refractivity contribution in [2.75, 3.05) is 7.11 Å². The van der Waals surface area contributed by atoms with Crippen LogP contribution in [-0.2, 0) is 23.9 Å². The van der Waals surface area contributed by atoms with Crippen LogP contribution < -0.4 is 0 Å². The predicted molar refractivity (Wildman–Crippen MR) is 143 cm³/mol. The fraction of sp³-hybridized carbons (Fsp3) is 0.750. The molecule has 0 aliphatic heterocycles. The van der Waals surface area contributed by atoms with Crippen LogP contribution in [0.4, 0.5) is 0 Å². The van der Waals surface area contributed by atoms with Crippen LogP contribution in [0, 0.1) is 50.2 Å². The van der Waals surface area contributed by atoms with Gasteiger partial charge in [-0.25, -0.2) is 4.79 Å². The van der Waals surface area contributed by atoms with E-state index in [0.717, 1.165) is 31.3 Å². The summed E-state index contributed by atoms with van der Waals surface area (Å²) in [6.45, 7) is 14.8. The number of carboxylic acid groups (broad SMARTS) is 1. The van der Waals surface area contributed by atoms with Crippen molar-refractivity contribution in [2.24, 2.45) is 50.2 Å². The van der Waals surface area contributed by atoms with E-state index in [0.29, 0.717) is 19.3 Å². The van der Waals surface area contributed by atoms with Crippen LogP contribution in [0.15, 0.2) is 23.3 Å². The number of hydrogen-bond acceptors (Lipinski definition) is 5. The number of ketones is 2. The average molecular weight is 525 g/mol. The number of carbonyl (C=O) groups excluding carboxylic acids is 3. The van der Waals surface area contributed by atoms with Gasteiger partial charge in [0.2, 0.25) is 0 Å². The summed E-state index contributed by atoms with van der Waals surface area (Å²) in [6.07, 6.45) is 8.71. The summed E-state index contributed by atoms with van der Waals surface area (Å²) in [5, 5.41) is 10.5. The smallest absolute Gasteiger partial charge is 0.341 e. The van der Waals surface area contributed by atoms with E-state index in [-0.39, 0.29) is 45.7 Å². The maximum absolute atomic E-state index is 14.3. The normalized spacial score (nSPS) is 44.9. The lowest BCUT2D eigenvalue weighted by Crippen LogP contribution is -2.65. The first-order valence-corrected chi connectivity index (χ1v) is 14.3. The Morgan fingerprint density at radius 1 is 0.947 bits per heavy atom. The molecule has 6 heteroatoms. The summed E-state index contributed by atoms with van der Waals surface area (Å²) >= 11 is 0. The second-order valence-corrected chi connectivity index (χ2v) is 15.1. The van der Waals surface area contributed by atoms with Crippen molar-refractivity contribution in [2.45, 2.75) is 93.4 Å². The van der Waals surface area contributed by atoms with Crippen LogP contribution in [0.5, 0.6) is 0 Å². The van der Waals surface area contributed by atoms with Gasteiger partial charge in [-0.2, -0.15) is 0 Å². The Kier molecular flexibility index (Phi) is 5.69. The largest absolute Gasteiger partial charge is 0.481 e. The molecule has 0 spiro atoms. The molecular weight excluding hydrogens is 480 g/mol. The first-order chi connectivity index (χ1) is 17.4. The lowest BCUT2D eigenvalue weighted by atomic mass is 9.34. The quantitative estimate of drug-likeness (QED) is 0.355. The van der Waals surface area contributed by atoms with Gasteiger partial charge in [-0.3, -0.25) is 14.4 Å². The van der Waals surface area contributed by atoms with Gasteiger partial charge >= 0.3 is 11.9 Å². The number of hydrogen-bond donors (Lipinski definition) is 1. The fourth-order valence-electron chi connectivity index (χ4n) is 10.2. The van der Waals surface area contributed by atoms with Gasteiger partial charge in [0, 0.05) is 16.7 Å². The number of carbonyl (C=O) groups is 4. The molecule has 5 rings (SSSR count). The summed E-state index contributed by atoms with van der Waals surface area (Å²) in [6, 6.07) is 0. The second kappa shape index (κ2) is 7.91. The molecule has 0 radical (unpaired) electrons. The summed E-state index contributed by atoms with van der Waals surface area (Å²) in [4.78, 5) is 53.3. The minimum absolute atomic E-state index is 0.0113. The number of ether oxygens (including phenoxy) is 1. The van der Waals surface area contributed by atoms with E-state index >= 15 is 0 Å². The highest BCUT2D eigenvalue weighted by atomic mass is 16.5. The summed E-state index contributed by atoms with van der Waals surface area (Å²) in [5.41, 5.74) is -2.01. The number of rotatable bonds is 2. The van der Waals surface area contributed by atoms with Gasteiger partial charge in [0.05, 0.1) is 12.5 Å². The molecule has 38 heavy (non-hydrogen) atoms. The lowest BCUT2D eigenvalue weighted by molar-refractivity contribution is -0.188. The van der Waals surface area contributed by atoms with Crippen LogP contribution in [0.1, 0.15) is 93.4 Å². The Morgan fingerprint density at radius 2 is 1.58 bits per heavy atom. The monoisotopic (exact) mass is 524 g/mol. The minimum atomic E-state index is -0.852. The molecule has 7 atom stereocenters. The molecule has 5 aliphatic rings. The molecule has 0 saturated heterocycles. The molecule has 3 saturated carbocycles. The molecule has 6 nitrogen and oxygen atoms in total. The molecule has 1 N–H and O–H groups in total. The van der Waals surface area contributed by atoms with Crippen LogP contribution in [0.25, 0.3) is 0 Å². The fourth-order valence-corrected chi connectivity index (χ4v) is 10.2. The highest BCUT2D eigenvalue weighted by Crippen LogP contribution is 2.74. The summed E-state index contributed by atoms with van der Waals surface area (Å²) < 4.78 is 5.01. The van der Waals surface area contributed by atoms with Crippen LogP contribution in [-0.4, -0.2) is 35.7 Å². The third-order valence-corrected chi connectivity index (χ3v) is 12.6. The van der Waals surface area contributed by atoms with Gasteiger partial charge in [0.15, 0.2) is 11.6 Å². The molecule has 0 amide bonds. The Hall–Kier alpha value is -2.24. The van der Waals surface area contributed by atoms with Crippen molar-refractivity contribution >= 4 is 23.5 Å². The molecule has 0 unspecified atom stereocenters. The van der Waals surface area contributed by atoms with Gasteiger partial charge in [-0.15, -0.1) is 0 Å². The summed E-state index contributed by atoms with van der Waals surface area (Å²) in [5.74, 6) is -2.17. The Labute approximate surface area is 226 Å². The van der Waals surface area contributed by atoms with Gasteiger partial charge in [-0.1, -0.05) is 60.1 Å². The van der Waals surface area contributed by atoms with E-state index in [2.05, 4.69) is 34.6 Å². The minimum Gasteiger partial charge on any atom is -0.481 e. The van der Waals surface area contributed by atoms with Gasteiger partial charge < -0.3 is 9.84 Å². The average Bonchev–Trinajstić information content (AvgIpc) is 2.82. The SMILES string of the molecule is COC(=O)C1=C[C@]2(C)C3=CC(=O)[C@@H]4[C@@H]5CC(C)(C)CC[C@]5(C(=O)O)CC[C@@]4(C)[C@]3(C)CC[C@H]2C(C)(C)C1=O. The Balaban J connectivity index is 1.71. The third-order valence-electron chi connectivity index (χ3n) is 12.6. The molecule has 0 aromatic rings. The topological polar surface area (TPSA) is 97.7 Å². The number of esters is 1. The zero-order chi connectivity index (χ0) is 28.3. The Morgan fingerprint density at radius 3 is 2.18 bits per heavy atom. The van der Waals surface area contributed by atoms with Crippen molar-refractivity contribution < 1.29 is 29.0 Å². The number of carboxylic acids is 1. The van der Waals surface area contributed by atoms with Crippen LogP contribution in [0.2, 0.25) is 0 Å². The van der Waals surface area contributed by atoms with Gasteiger partial charge in [0.1, 0.15) is 5.57 Å². The number of allylic oxidation sites excluding steroid dienone is 3. The molecule has 208 valence electrons. The van der Waals surface area contributed by atoms with Crippen molar-refractivity contribution in [3.63, 3.8) is 0 Å². The van der Waals surface area contributed by atoms with Gasteiger partial charge in [0.25, 0.3) is 0 Å². The maximum atomic E-state index is 14.3. The Bertz CT molecular complexity index is 1200. The molecule has 3 fully saturated rings. The number of aliphatic carboxylic acids is 1.